The van der Waals surface area contributed by atoms with Crippen molar-refractivity contribution < 1.29 is 0 Å². The van der Waals surface area contributed by atoms with Crippen LogP contribution in [-0.2, 0) is 0 Å². The smallest absolute Gasteiger partial charge is 0.235 e. The second-order valence-electron chi connectivity index (χ2n) is 12.1. The lowest BCUT2D eigenvalue weighted by atomic mass is 10.1. The van der Waals surface area contributed by atoms with Gasteiger partial charge >= 0.3 is 0 Å². The third-order valence-corrected chi connectivity index (χ3v) is 9.29. The van der Waals surface area contributed by atoms with Crippen LogP contribution in [0.4, 0.5) is 0 Å². The Morgan fingerprint density at radius 1 is 0.375 bits per heavy atom. The van der Waals surface area contributed by atoms with Gasteiger partial charge in [0.2, 0.25) is 5.95 Å². The number of rotatable bonds is 4. The Bertz CT molecular complexity index is 2820. The first-order chi connectivity index (χ1) is 23.8. The van der Waals surface area contributed by atoms with E-state index >= 15 is 0 Å². The molecule has 0 bridgehead atoms. The van der Waals surface area contributed by atoms with Crippen molar-refractivity contribution in [3.8, 4) is 34.3 Å². The minimum atomic E-state index is 0.652. The molecule has 3 heterocycles. The van der Waals surface area contributed by atoms with Gasteiger partial charge in [0.25, 0.3) is 0 Å². The SMILES string of the molecule is c1ccc(-c2nc(-n3c4ccccc4c4cc5cc6c(cc5cc43)nc(-c3ccccc3)n6-c3ccccc3)nc3ccccc23)cc1. The highest BCUT2D eigenvalue weighted by molar-refractivity contribution is 6.15. The van der Waals surface area contributed by atoms with E-state index in [1.165, 1.54) is 0 Å². The number of nitrogens with zero attached hydrogens (tertiary/aromatic N) is 5. The summed E-state index contributed by atoms with van der Waals surface area (Å²) in [6, 6.07) is 57.2. The van der Waals surface area contributed by atoms with E-state index in [4.69, 9.17) is 15.0 Å². The molecule has 0 amide bonds. The van der Waals surface area contributed by atoms with Gasteiger partial charge in [-0.2, -0.15) is 0 Å². The predicted molar refractivity (Wildman–Crippen MR) is 197 cm³/mol. The fourth-order valence-corrected chi connectivity index (χ4v) is 7.10. The monoisotopic (exact) mass is 613 g/mol. The largest absolute Gasteiger partial charge is 0.292 e. The average molecular weight is 614 g/mol. The van der Waals surface area contributed by atoms with E-state index in [-0.39, 0.29) is 0 Å². The van der Waals surface area contributed by atoms with Gasteiger partial charge in [0.05, 0.1) is 33.3 Å². The summed E-state index contributed by atoms with van der Waals surface area (Å²) in [5.74, 6) is 1.57. The first-order valence-electron chi connectivity index (χ1n) is 16.1. The van der Waals surface area contributed by atoms with Crippen LogP contribution in [0.15, 0.2) is 164 Å². The molecule has 0 atom stereocenters. The van der Waals surface area contributed by atoms with E-state index in [1.54, 1.807) is 0 Å². The van der Waals surface area contributed by atoms with Crippen LogP contribution >= 0.6 is 0 Å². The normalized spacial score (nSPS) is 11.8. The Hall–Kier alpha value is -6.59. The van der Waals surface area contributed by atoms with Crippen LogP contribution in [0.1, 0.15) is 0 Å². The lowest BCUT2D eigenvalue weighted by Gasteiger charge is -2.12. The number of hydrogen-bond donors (Lipinski definition) is 0. The molecule has 0 spiro atoms. The Balaban J connectivity index is 1.27. The molecule has 7 aromatic carbocycles. The van der Waals surface area contributed by atoms with E-state index < -0.39 is 0 Å². The maximum absolute atomic E-state index is 5.26. The Labute approximate surface area is 276 Å². The van der Waals surface area contributed by atoms with Crippen molar-refractivity contribution in [1.82, 2.24) is 24.1 Å². The number of aromatic nitrogens is 5. The van der Waals surface area contributed by atoms with Crippen LogP contribution in [0.25, 0.3) is 88.8 Å². The quantitative estimate of drug-likeness (QED) is 0.198. The van der Waals surface area contributed by atoms with Crippen LogP contribution in [0.2, 0.25) is 0 Å². The van der Waals surface area contributed by atoms with Crippen molar-refractivity contribution in [2.24, 2.45) is 0 Å². The highest BCUT2D eigenvalue weighted by Gasteiger charge is 2.20. The van der Waals surface area contributed by atoms with Gasteiger partial charge < -0.3 is 0 Å². The molecule has 0 N–H and O–H groups in total. The molecule has 0 fully saturated rings. The minimum Gasteiger partial charge on any atom is -0.292 e. The maximum atomic E-state index is 5.26. The number of fused-ring (bicyclic) bond motifs is 6. The first-order valence-corrected chi connectivity index (χ1v) is 16.1. The highest BCUT2D eigenvalue weighted by atomic mass is 15.2. The zero-order chi connectivity index (χ0) is 31.6. The summed E-state index contributed by atoms with van der Waals surface area (Å²) in [6.45, 7) is 0. The summed E-state index contributed by atoms with van der Waals surface area (Å²) < 4.78 is 4.48. The summed E-state index contributed by atoms with van der Waals surface area (Å²) in [5, 5.41) is 5.61. The summed E-state index contributed by atoms with van der Waals surface area (Å²) in [7, 11) is 0. The van der Waals surface area contributed by atoms with Crippen molar-refractivity contribution >= 4 is 54.5 Å². The topological polar surface area (TPSA) is 48.5 Å². The molecule has 48 heavy (non-hydrogen) atoms. The molecule has 224 valence electrons. The molecule has 5 heteroatoms. The third kappa shape index (κ3) is 4.08. The van der Waals surface area contributed by atoms with Crippen molar-refractivity contribution in [3.63, 3.8) is 0 Å². The molecular weight excluding hydrogens is 587 g/mol. The summed E-state index contributed by atoms with van der Waals surface area (Å²) >= 11 is 0. The van der Waals surface area contributed by atoms with Gasteiger partial charge in [-0.15, -0.1) is 0 Å². The molecule has 10 aromatic rings. The molecule has 5 nitrogen and oxygen atoms in total. The molecule has 10 rings (SSSR count). The average Bonchev–Trinajstić information content (AvgIpc) is 3.68. The molecule has 0 saturated carbocycles. The van der Waals surface area contributed by atoms with Crippen LogP contribution in [0.5, 0.6) is 0 Å². The lowest BCUT2D eigenvalue weighted by Crippen LogP contribution is -2.03. The molecule has 3 aromatic heterocycles. The second-order valence-corrected chi connectivity index (χ2v) is 12.1. The van der Waals surface area contributed by atoms with Gasteiger partial charge in [-0.05, 0) is 59.3 Å². The van der Waals surface area contributed by atoms with Crippen molar-refractivity contribution in [2.45, 2.75) is 0 Å². The zero-order valence-electron chi connectivity index (χ0n) is 25.8. The second kappa shape index (κ2) is 10.5. The molecule has 0 unspecified atom stereocenters. The van der Waals surface area contributed by atoms with Gasteiger partial charge in [-0.1, -0.05) is 115 Å². The van der Waals surface area contributed by atoms with E-state index in [2.05, 4.69) is 149 Å². The van der Waals surface area contributed by atoms with Crippen molar-refractivity contribution in [3.05, 3.63) is 164 Å². The zero-order valence-corrected chi connectivity index (χ0v) is 25.8. The highest BCUT2D eigenvalue weighted by Crippen LogP contribution is 2.38. The van der Waals surface area contributed by atoms with Gasteiger partial charge in [0.15, 0.2) is 0 Å². The molecule has 0 radical (unpaired) electrons. The van der Waals surface area contributed by atoms with Crippen molar-refractivity contribution in [1.29, 1.82) is 0 Å². The van der Waals surface area contributed by atoms with Crippen LogP contribution in [-0.4, -0.2) is 24.1 Å². The molecule has 0 aliphatic rings. The van der Waals surface area contributed by atoms with Gasteiger partial charge in [-0.3, -0.25) is 9.13 Å². The molecule has 0 aliphatic heterocycles. The number of benzene rings is 7. The van der Waals surface area contributed by atoms with E-state index in [9.17, 15) is 0 Å². The fraction of sp³-hybridized carbons (Fsp3) is 0. The first kappa shape index (κ1) is 26.6. The molecular formula is C43H27N5. The Morgan fingerprint density at radius 3 is 1.79 bits per heavy atom. The number of hydrogen-bond acceptors (Lipinski definition) is 3. The minimum absolute atomic E-state index is 0.652. The van der Waals surface area contributed by atoms with E-state index in [1.807, 2.05) is 24.3 Å². The standard InChI is InChI=1S/C43H27N5/c1-4-14-28(15-5-1)41-34-21-10-12-22-36(34)45-43(46-41)48-38-23-13-11-20-33(38)35-24-30-27-40-37(25-31(30)26-39(35)48)44-42(29-16-6-2-7-17-29)47(40)32-18-8-3-9-19-32/h1-27H. The predicted octanol–water partition coefficient (Wildman–Crippen LogP) is 10.6. The van der Waals surface area contributed by atoms with Gasteiger partial charge in [0, 0.05) is 33.0 Å². The van der Waals surface area contributed by atoms with Gasteiger partial charge in [0.1, 0.15) is 5.82 Å². The van der Waals surface area contributed by atoms with Crippen LogP contribution in [0, 0.1) is 0 Å². The van der Waals surface area contributed by atoms with Crippen molar-refractivity contribution in [2.75, 3.05) is 0 Å². The lowest BCUT2D eigenvalue weighted by molar-refractivity contribution is 1.01. The van der Waals surface area contributed by atoms with E-state index in [0.29, 0.717) is 5.95 Å². The maximum Gasteiger partial charge on any atom is 0.235 e. The molecule has 0 saturated heterocycles. The third-order valence-electron chi connectivity index (χ3n) is 9.29. The molecule has 0 aliphatic carbocycles. The van der Waals surface area contributed by atoms with E-state index in [0.717, 1.165) is 82.8 Å². The number of para-hydroxylation sites is 3. The number of imidazole rings is 1. The van der Waals surface area contributed by atoms with Crippen LogP contribution < -0.4 is 0 Å². The summed E-state index contributed by atoms with van der Waals surface area (Å²) in [4.78, 5) is 15.6. The summed E-state index contributed by atoms with van der Waals surface area (Å²) in [6.07, 6.45) is 0. The van der Waals surface area contributed by atoms with Gasteiger partial charge in [-0.25, -0.2) is 15.0 Å². The Morgan fingerprint density at radius 2 is 1.00 bits per heavy atom. The Kier molecular flexibility index (Phi) is 5.81. The summed E-state index contributed by atoms with van der Waals surface area (Å²) in [5.41, 5.74) is 9.20. The fourth-order valence-electron chi connectivity index (χ4n) is 7.10. The van der Waals surface area contributed by atoms with Crippen LogP contribution in [0.3, 0.4) is 0 Å².